The van der Waals surface area contributed by atoms with Crippen LogP contribution in [0.2, 0.25) is 0 Å². The normalized spacial score (nSPS) is 16.2. The summed E-state index contributed by atoms with van der Waals surface area (Å²) in [5.41, 5.74) is 0.341. The van der Waals surface area contributed by atoms with Crippen LogP contribution >= 0.6 is 0 Å². The van der Waals surface area contributed by atoms with Crippen LogP contribution in [0.5, 0.6) is 0 Å². The third-order valence-corrected chi connectivity index (χ3v) is 4.50. The predicted molar refractivity (Wildman–Crippen MR) is 91.0 cm³/mol. The Morgan fingerprint density at radius 3 is 2.35 bits per heavy atom. The Kier molecular flexibility index (Phi) is 5.77. The molecule has 1 aliphatic rings. The smallest absolute Gasteiger partial charge is 0.245 e. The van der Waals surface area contributed by atoms with Gasteiger partial charge in [-0.2, -0.15) is 0 Å². The standard InChI is InChI=1S/C18H27N3O2/c1-18(2,19-3)17(23)20-15(13-14-9-5-4-6-10-14)16(22)21-11-7-8-12-21/h4-6,9-10,15,19H,7-8,11-13H2,1-3H3,(H,20,23)/t15-/m0/s1. The molecule has 1 fully saturated rings. The lowest BCUT2D eigenvalue weighted by atomic mass is 10.0. The Morgan fingerprint density at radius 1 is 1.17 bits per heavy atom. The molecule has 0 bridgehead atoms. The molecule has 1 atom stereocenters. The number of amides is 2. The van der Waals surface area contributed by atoms with Crippen LogP contribution in [0.1, 0.15) is 32.3 Å². The van der Waals surface area contributed by atoms with Crippen LogP contribution in [0.15, 0.2) is 30.3 Å². The highest BCUT2D eigenvalue weighted by Gasteiger charge is 2.32. The van der Waals surface area contributed by atoms with Gasteiger partial charge in [-0.15, -0.1) is 0 Å². The summed E-state index contributed by atoms with van der Waals surface area (Å²) in [4.78, 5) is 27.1. The second kappa shape index (κ2) is 7.59. The van der Waals surface area contributed by atoms with Crippen molar-refractivity contribution in [2.24, 2.45) is 0 Å². The van der Waals surface area contributed by atoms with Crippen LogP contribution in [0, 0.1) is 0 Å². The van der Waals surface area contributed by atoms with Crippen LogP contribution in [-0.4, -0.2) is 48.4 Å². The van der Waals surface area contributed by atoms with E-state index in [1.807, 2.05) is 49.1 Å². The van der Waals surface area contributed by atoms with Gasteiger partial charge in [0, 0.05) is 19.5 Å². The molecule has 0 spiro atoms. The predicted octanol–water partition coefficient (Wildman–Crippen LogP) is 1.33. The average Bonchev–Trinajstić information content (AvgIpc) is 3.08. The molecular weight excluding hydrogens is 290 g/mol. The second-order valence-electron chi connectivity index (χ2n) is 6.62. The molecule has 0 unspecified atom stereocenters. The zero-order chi connectivity index (χ0) is 16.9. The summed E-state index contributed by atoms with van der Waals surface area (Å²) in [5.74, 6) is -0.139. The van der Waals surface area contributed by atoms with Gasteiger partial charge in [0.15, 0.2) is 0 Å². The molecule has 126 valence electrons. The maximum absolute atomic E-state index is 12.8. The molecule has 1 saturated heterocycles. The molecule has 1 aromatic carbocycles. The summed E-state index contributed by atoms with van der Waals surface area (Å²) in [7, 11) is 1.74. The number of nitrogens with one attached hydrogen (secondary N) is 2. The highest BCUT2D eigenvalue weighted by Crippen LogP contribution is 2.13. The molecule has 23 heavy (non-hydrogen) atoms. The summed E-state index contributed by atoms with van der Waals surface area (Å²) in [6.45, 7) is 5.19. The molecule has 0 aromatic heterocycles. The van der Waals surface area contributed by atoms with Crippen molar-refractivity contribution in [1.82, 2.24) is 15.5 Å². The number of benzene rings is 1. The molecule has 1 aliphatic heterocycles. The highest BCUT2D eigenvalue weighted by atomic mass is 16.2. The number of likely N-dealkylation sites (N-methyl/N-ethyl adjacent to an activating group) is 1. The van der Waals surface area contributed by atoms with E-state index >= 15 is 0 Å². The van der Waals surface area contributed by atoms with Gasteiger partial charge >= 0.3 is 0 Å². The summed E-state index contributed by atoms with van der Waals surface area (Å²) >= 11 is 0. The lowest BCUT2D eigenvalue weighted by Crippen LogP contribution is -2.57. The minimum atomic E-state index is -0.708. The van der Waals surface area contributed by atoms with Gasteiger partial charge in [-0.05, 0) is 39.3 Å². The van der Waals surface area contributed by atoms with E-state index in [4.69, 9.17) is 0 Å². The lowest BCUT2D eigenvalue weighted by Gasteiger charge is -2.29. The number of likely N-dealkylation sites (tertiary alicyclic amines) is 1. The molecule has 0 aliphatic carbocycles. The maximum atomic E-state index is 12.8. The molecule has 5 heteroatoms. The van der Waals surface area contributed by atoms with Crippen molar-refractivity contribution in [1.29, 1.82) is 0 Å². The SMILES string of the molecule is CNC(C)(C)C(=O)N[C@@H](Cc1ccccc1)C(=O)N1CCCC1. The van der Waals surface area contributed by atoms with Gasteiger partial charge in [0.05, 0.1) is 5.54 Å². The number of rotatable bonds is 6. The fourth-order valence-corrected chi connectivity index (χ4v) is 2.66. The molecule has 2 N–H and O–H groups in total. The molecule has 1 aromatic rings. The third kappa shape index (κ3) is 4.55. The van der Waals surface area contributed by atoms with Gasteiger partial charge in [0.1, 0.15) is 6.04 Å². The second-order valence-corrected chi connectivity index (χ2v) is 6.62. The van der Waals surface area contributed by atoms with Crippen molar-refractivity contribution in [3.05, 3.63) is 35.9 Å². The van der Waals surface area contributed by atoms with Gasteiger partial charge in [-0.3, -0.25) is 9.59 Å². The van der Waals surface area contributed by atoms with E-state index in [1.165, 1.54) is 0 Å². The topological polar surface area (TPSA) is 61.4 Å². The van der Waals surface area contributed by atoms with Crippen molar-refractivity contribution in [3.63, 3.8) is 0 Å². The zero-order valence-corrected chi connectivity index (χ0v) is 14.3. The average molecular weight is 317 g/mol. The van der Waals surface area contributed by atoms with Gasteiger partial charge in [0.25, 0.3) is 0 Å². The maximum Gasteiger partial charge on any atom is 0.245 e. The van der Waals surface area contributed by atoms with E-state index in [9.17, 15) is 9.59 Å². The number of carbonyl (C=O) groups is 2. The zero-order valence-electron chi connectivity index (χ0n) is 14.3. The minimum Gasteiger partial charge on any atom is -0.342 e. The van der Waals surface area contributed by atoms with Crippen molar-refractivity contribution in [2.75, 3.05) is 20.1 Å². The highest BCUT2D eigenvalue weighted by molar-refractivity contribution is 5.91. The molecular formula is C18H27N3O2. The van der Waals surface area contributed by atoms with Gasteiger partial charge in [-0.25, -0.2) is 0 Å². The Balaban J connectivity index is 2.13. The molecule has 0 saturated carbocycles. The first-order valence-corrected chi connectivity index (χ1v) is 8.26. The molecule has 0 radical (unpaired) electrons. The largest absolute Gasteiger partial charge is 0.342 e. The first kappa shape index (κ1) is 17.5. The van der Waals surface area contributed by atoms with Crippen molar-refractivity contribution >= 4 is 11.8 Å². The monoisotopic (exact) mass is 317 g/mol. The summed E-state index contributed by atoms with van der Waals surface area (Å²) in [6, 6.07) is 9.30. The first-order valence-electron chi connectivity index (χ1n) is 8.26. The summed E-state index contributed by atoms with van der Waals surface area (Å²) < 4.78 is 0. The van der Waals surface area contributed by atoms with Crippen molar-refractivity contribution in [2.45, 2.75) is 44.7 Å². The van der Waals surface area contributed by atoms with Crippen LogP contribution in [-0.2, 0) is 16.0 Å². The first-order chi connectivity index (χ1) is 10.9. The Bertz CT molecular complexity index is 536. The van der Waals surface area contributed by atoms with Gasteiger partial charge < -0.3 is 15.5 Å². The number of carbonyl (C=O) groups excluding carboxylic acids is 2. The molecule has 5 nitrogen and oxygen atoms in total. The van der Waals surface area contributed by atoms with E-state index < -0.39 is 11.6 Å². The quantitative estimate of drug-likeness (QED) is 0.832. The number of nitrogens with zero attached hydrogens (tertiary/aromatic N) is 1. The number of hydrogen-bond donors (Lipinski definition) is 2. The van der Waals surface area contributed by atoms with Crippen LogP contribution in [0.25, 0.3) is 0 Å². The minimum absolute atomic E-state index is 0.0200. The van der Waals surface area contributed by atoms with E-state index in [1.54, 1.807) is 7.05 Å². The van der Waals surface area contributed by atoms with Crippen molar-refractivity contribution in [3.8, 4) is 0 Å². The van der Waals surface area contributed by atoms with E-state index in [0.29, 0.717) is 6.42 Å². The Morgan fingerprint density at radius 2 is 1.78 bits per heavy atom. The van der Waals surface area contributed by atoms with E-state index in [-0.39, 0.29) is 11.8 Å². The van der Waals surface area contributed by atoms with Crippen LogP contribution in [0.4, 0.5) is 0 Å². The Hall–Kier alpha value is -1.88. The fraction of sp³-hybridized carbons (Fsp3) is 0.556. The van der Waals surface area contributed by atoms with Crippen LogP contribution in [0.3, 0.4) is 0 Å². The fourth-order valence-electron chi connectivity index (χ4n) is 2.66. The lowest BCUT2D eigenvalue weighted by molar-refractivity contribution is -0.137. The third-order valence-electron chi connectivity index (χ3n) is 4.50. The molecule has 2 rings (SSSR count). The van der Waals surface area contributed by atoms with Crippen molar-refractivity contribution < 1.29 is 9.59 Å². The summed E-state index contributed by atoms with van der Waals surface area (Å²) in [6.07, 6.45) is 2.60. The van der Waals surface area contributed by atoms with Gasteiger partial charge in [-0.1, -0.05) is 30.3 Å². The molecule has 2 amide bonds. The number of hydrogen-bond acceptors (Lipinski definition) is 3. The van der Waals surface area contributed by atoms with E-state index in [2.05, 4.69) is 10.6 Å². The Labute approximate surface area is 138 Å². The molecule has 1 heterocycles. The summed E-state index contributed by atoms with van der Waals surface area (Å²) in [5, 5.41) is 5.92. The van der Waals surface area contributed by atoms with Gasteiger partial charge in [0.2, 0.25) is 11.8 Å². The van der Waals surface area contributed by atoms with Crippen LogP contribution < -0.4 is 10.6 Å². The van der Waals surface area contributed by atoms with E-state index in [0.717, 1.165) is 31.5 Å².